The molecule has 0 amide bonds. The topological polar surface area (TPSA) is 20.2 Å². The van der Waals surface area contributed by atoms with Crippen molar-refractivity contribution in [1.82, 2.24) is 0 Å². The van der Waals surface area contributed by atoms with Crippen molar-refractivity contribution < 1.29 is 5.11 Å². The predicted molar refractivity (Wildman–Crippen MR) is 54.6 cm³/mol. The van der Waals surface area contributed by atoms with E-state index >= 15 is 0 Å². The Balaban J connectivity index is -0.000000107. The van der Waals surface area contributed by atoms with Crippen LogP contribution in [-0.2, 0) is 0 Å². The number of rotatable bonds is 2. The van der Waals surface area contributed by atoms with Crippen molar-refractivity contribution in [3.8, 4) is 0 Å². The van der Waals surface area contributed by atoms with Crippen LogP contribution in [0.3, 0.4) is 0 Å². The van der Waals surface area contributed by atoms with Crippen LogP contribution in [0.5, 0.6) is 0 Å². The van der Waals surface area contributed by atoms with E-state index in [1.54, 1.807) is 20.8 Å². The third-order valence-electron chi connectivity index (χ3n) is 0.707. The molecule has 0 aliphatic heterocycles. The van der Waals surface area contributed by atoms with Crippen LogP contribution in [0.25, 0.3) is 0 Å². The van der Waals surface area contributed by atoms with Crippen LogP contribution in [0.4, 0.5) is 0 Å². The Morgan fingerprint density at radius 3 is 1.55 bits per heavy atom. The van der Waals surface area contributed by atoms with Gasteiger partial charge in [-0.05, 0) is 20.8 Å². The molecule has 0 fully saturated rings. The molecule has 0 spiro atoms. The Morgan fingerprint density at radius 2 is 1.55 bits per heavy atom. The molecule has 0 aromatic rings. The average Bonchev–Trinajstić information content (AvgIpc) is 1.63. The Hall–Kier alpha value is 1.15. The van der Waals surface area contributed by atoms with Crippen LogP contribution < -0.4 is 0 Å². The first-order valence-corrected chi connectivity index (χ1v) is 4.14. The molecule has 0 aliphatic carbocycles. The molecule has 0 unspecified atom stereocenters. The van der Waals surface area contributed by atoms with Gasteiger partial charge in [0.25, 0.3) is 0 Å². The first-order valence-electron chi connectivity index (χ1n) is 4.14. The molecular weight excluding hydrogens is 126 g/mol. The zero-order chi connectivity index (χ0) is 8.62. The molecule has 1 nitrogen and oxygen atoms in total. The Bertz CT molecular complexity index is 51.6. The summed E-state index contributed by atoms with van der Waals surface area (Å²) in [7, 11) is 0. The average molecular weight is 146 g/mol. The zero-order valence-corrected chi connectivity index (χ0v) is 8.07. The third kappa shape index (κ3) is 93.9. The summed E-state index contributed by atoms with van der Waals surface area (Å²) < 4.78 is 0. The second-order valence-corrected chi connectivity index (χ2v) is 3.52. The van der Waals surface area contributed by atoms with Gasteiger partial charge < -0.3 is 5.11 Å². The molecule has 0 aliphatic rings. The van der Waals surface area contributed by atoms with Gasteiger partial charge in [0.1, 0.15) is 0 Å². The molecule has 0 radical (unpaired) electrons. The van der Waals surface area contributed by atoms with Crippen molar-refractivity contribution in [3.05, 3.63) is 0 Å². The molecule has 0 heterocycles. The van der Waals surface area contributed by atoms with Gasteiger partial charge >= 0.3 is 61.4 Å². The number of unbranched alkanes of at least 4 members (excludes halogenated alkanes) is 1. The van der Waals surface area contributed by atoms with Crippen molar-refractivity contribution in [2.45, 2.75) is 51.2 Å². The summed E-state index contributed by atoms with van der Waals surface area (Å²) in [5, 5.41) is 9.86. The van der Waals surface area contributed by atoms with Crippen LogP contribution >= 0.6 is 0 Å². The van der Waals surface area contributed by atoms with Crippen molar-refractivity contribution >= 4 is 36.6 Å². The maximum atomic E-state index is 8.52. The predicted octanol–water partition coefficient (Wildman–Crippen LogP) is 1.50. The Kier molecular flexibility index (Phi) is 18.3. The molecule has 1 N–H and O–H groups in total. The van der Waals surface area contributed by atoms with Gasteiger partial charge in [-0.25, -0.2) is 0 Å². The maximum absolute atomic E-state index is 8.52. The fourth-order valence-corrected chi connectivity index (χ4v) is 0.354. The number of hydrogen-bond donors (Lipinski definition) is 1. The summed E-state index contributed by atoms with van der Waals surface area (Å²) >= 11 is 2.21. The monoisotopic (exact) mass is 146 g/mol. The molecule has 60 valence electrons. The minimum absolute atomic E-state index is 0. The fraction of sp³-hybridized carbons (Fsp3) is 1.00. The molecular formula is C8H20Li2O. The molecule has 0 aromatic heterocycles. The Morgan fingerprint density at radius 1 is 1.27 bits per heavy atom. The standard InChI is InChI=1S/C4H10O.C4H9.2Li.H/c1-4(2,3)5;1-3-4-2;;;/h5H,1-3H3;1,3-4H2,2H3;;;. The van der Waals surface area contributed by atoms with E-state index in [1.165, 1.54) is 17.9 Å². The van der Waals surface area contributed by atoms with Crippen molar-refractivity contribution in [1.29, 1.82) is 0 Å². The summed E-state index contributed by atoms with van der Waals surface area (Å²) in [4.78, 5) is 0. The van der Waals surface area contributed by atoms with E-state index in [1.807, 2.05) is 0 Å². The molecule has 0 saturated heterocycles. The molecule has 0 bridgehead atoms. The fourth-order valence-electron chi connectivity index (χ4n) is 0.354. The second kappa shape index (κ2) is 11.2. The SMILES string of the molecule is CC(C)(C)O.[LiH].[Li][CH2]CCC. The van der Waals surface area contributed by atoms with E-state index in [0.717, 1.165) is 0 Å². The van der Waals surface area contributed by atoms with Gasteiger partial charge in [-0.3, -0.25) is 0 Å². The number of aliphatic hydroxyl groups is 1. The molecule has 0 atom stereocenters. The van der Waals surface area contributed by atoms with Crippen molar-refractivity contribution in [2.75, 3.05) is 0 Å². The van der Waals surface area contributed by atoms with Gasteiger partial charge in [-0.15, -0.1) is 0 Å². The van der Waals surface area contributed by atoms with E-state index < -0.39 is 5.60 Å². The summed E-state index contributed by atoms with van der Waals surface area (Å²) in [6, 6.07) is 0. The van der Waals surface area contributed by atoms with E-state index in [2.05, 4.69) is 24.6 Å². The van der Waals surface area contributed by atoms with E-state index in [4.69, 9.17) is 5.11 Å². The quantitative estimate of drug-likeness (QED) is 0.585. The molecule has 11 heavy (non-hydrogen) atoms. The molecule has 0 aromatic carbocycles. The summed E-state index contributed by atoms with van der Waals surface area (Å²) in [6.07, 6.45) is 2.73. The third-order valence-corrected chi connectivity index (χ3v) is 0.707. The van der Waals surface area contributed by atoms with Crippen LogP contribution in [0.1, 0.15) is 40.5 Å². The van der Waals surface area contributed by atoms with Gasteiger partial charge in [-0.1, -0.05) is 0 Å². The summed E-state index contributed by atoms with van der Waals surface area (Å²) in [6.45, 7) is 7.44. The van der Waals surface area contributed by atoms with Crippen LogP contribution in [0, 0.1) is 0 Å². The normalized spacial score (nSPS) is 9.36. The summed E-state index contributed by atoms with van der Waals surface area (Å²) in [5.41, 5.74) is -0.500. The first-order chi connectivity index (χ1) is 4.41. The molecule has 0 rings (SSSR count). The second-order valence-electron chi connectivity index (χ2n) is 3.52. The number of hydrogen-bond acceptors (Lipinski definition) is 1. The van der Waals surface area contributed by atoms with Crippen LogP contribution in [0.2, 0.25) is 5.09 Å². The van der Waals surface area contributed by atoms with E-state index in [-0.39, 0.29) is 18.9 Å². The Labute approximate surface area is 92.7 Å². The van der Waals surface area contributed by atoms with E-state index in [0.29, 0.717) is 0 Å². The van der Waals surface area contributed by atoms with Gasteiger partial charge in [0.05, 0.1) is 5.60 Å². The van der Waals surface area contributed by atoms with Gasteiger partial charge in [0, 0.05) is 0 Å². The molecule has 3 heteroatoms. The van der Waals surface area contributed by atoms with E-state index in [9.17, 15) is 0 Å². The molecule has 0 saturated carbocycles. The van der Waals surface area contributed by atoms with Gasteiger partial charge in [-0.2, -0.15) is 0 Å². The summed E-state index contributed by atoms with van der Waals surface area (Å²) in [5.74, 6) is 0. The zero-order valence-electron chi connectivity index (χ0n) is 8.07. The van der Waals surface area contributed by atoms with Crippen molar-refractivity contribution in [3.63, 3.8) is 0 Å². The minimum atomic E-state index is -0.500. The van der Waals surface area contributed by atoms with Gasteiger partial charge in [0.15, 0.2) is 0 Å². The van der Waals surface area contributed by atoms with Crippen LogP contribution in [-0.4, -0.2) is 47.3 Å². The van der Waals surface area contributed by atoms with Crippen LogP contribution in [0.15, 0.2) is 0 Å². The van der Waals surface area contributed by atoms with Gasteiger partial charge in [0.2, 0.25) is 0 Å². The van der Waals surface area contributed by atoms with Crippen molar-refractivity contribution in [2.24, 2.45) is 0 Å². The first kappa shape index (κ1) is 18.0.